The summed E-state index contributed by atoms with van der Waals surface area (Å²) in [6, 6.07) is 12.7. The second-order valence-corrected chi connectivity index (χ2v) is 5.81. The van der Waals surface area contributed by atoms with E-state index >= 15 is 0 Å². The minimum Gasteiger partial charge on any atom is -0.329 e. The van der Waals surface area contributed by atoms with Crippen molar-refractivity contribution in [2.75, 3.05) is 20.1 Å². The Morgan fingerprint density at radius 1 is 1.25 bits per heavy atom. The summed E-state index contributed by atoms with van der Waals surface area (Å²) in [7, 11) is 2.12. The molecule has 3 nitrogen and oxygen atoms in total. The average Bonchev–Trinajstić information content (AvgIpc) is 2.47. The molecule has 2 aromatic rings. The van der Waals surface area contributed by atoms with Gasteiger partial charge in [-0.1, -0.05) is 28.1 Å². The second kappa shape index (κ2) is 7.53. The van der Waals surface area contributed by atoms with Crippen molar-refractivity contribution >= 4 is 15.9 Å². The van der Waals surface area contributed by atoms with Crippen LogP contribution in [0.1, 0.15) is 17.2 Å². The zero-order valence-corrected chi connectivity index (χ0v) is 13.3. The van der Waals surface area contributed by atoms with Gasteiger partial charge in [0.1, 0.15) is 0 Å². The van der Waals surface area contributed by atoms with Gasteiger partial charge in [-0.15, -0.1) is 0 Å². The summed E-state index contributed by atoms with van der Waals surface area (Å²) in [5.74, 6) is 0. The largest absolute Gasteiger partial charge is 0.329 e. The van der Waals surface area contributed by atoms with Crippen molar-refractivity contribution < 1.29 is 0 Å². The Morgan fingerprint density at radius 3 is 2.65 bits per heavy atom. The predicted molar refractivity (Wildman–Crippen MR) is 86.5 cm³/mol. The fraction of sp³-hybridized carbons (Fsp3) is 0.312. The highest BCUT2D eigenvalue weighted by molar-refractivity contribution is 9.10. The fourth-order valence-corrected chi connectivity index (χ4v) is 2.71. The number of rotatable bonds is 6. The van der Waals surface area contributed by atoms with Gasteiger partial charge in [-0.2, -0.15) is 0 Å². The standard InChI is InChI=1S/C16H20BrN3/c1-20(10-7-13-5-8-19-9-6-13)16(12-18)14-3-2-4-15(17)11-14/h2-6,8-9,11,16H,7,10,12,18H2,1H3. The van der Waals surface area contributed by atoms with Gasteiger partial charge in [0, 0.05) is 36.0 Å². The number of hydrogen-bond acceptors (Lipinski definition) is 3. The third kappa shape index (κ3) is 4.13. The minimum atomic E-state index is 0.245. The van der Waals surface area contributed by atoms with E-state index in [1.54, 1.807) is 0 Å². The molecule has 0 radical (unpaired) electrons. The van der Waals surface area contributed by atoms with Crippen LogP contribution in [0.25, 0.3) is 0 Å². The molecule has 1 aromatic carbocycles. The molecule has 1 unspecified atom stereocenters. The summed E-state index contributed by atoms with van der Waals surface area (Å²) < 4.78 is 1.09. The number of likely N-dealkylation sites (N-methyl/N-ethyl adjacent to an activating group) is 1. The molecular formula is C16H20BrN3. The summed E-state index contributed by atoms with van der Waals surface area (Å²) in [5, 5.41) is 0. The Balaban J connectivity index is 2.00. The van der Waals surface area contributed by atoms with Gasteiger partial charge < -0.3 is 5.73 Å². The number of pyridine rings is 1. The first-order chi connectivity index (χ1) is 9.70. The number of halogens is 1. The predicted octanol–water partition coefficient (Wildman–Crippen LogP) is 3.02. The zero-order valence-electron chi connectivity index (χ0n) is 11.7. The van der Waals surface area contributed by atoms with Gasteiger partial charge in [-0.05, 0) is 48.9 Å². The van der Waals surface area contributed by atoms with E-state index in [4.69, 9.17) is 5.73 Å². The number of nitrogens with zero attached hydrogens (tertiary/aromatic N) is 2. The molecular weight excluding hydrogens is 314 g/mol. The molecule has 1 heterocycles. The zero-order chi connectivity index (χ0) is 14.4. The monoisotopic (exact) mass is 333 g/mol. The number of aromatic nitrogens is 1. The number of hydrogen-bond donors (Lipinski definition) is 1. The second-order valence-electron chi connectivity index (χ2n) is 4.89. The quantitative estimate of drug-likeness (QED) is 0.883. The van der Waals surface area contributed by atoms with Crippen molar-refractivity contribution in [3.05, 3.63) is 64.4 Å². The van der Waals surface area contributed by atoms with Crippen LogP contribution in [-0.4, -0.2) is 30.0 Å². The van der Waals surface area contributed by atoms with Crippen LogP contribution in [0, 0.1) is 0 Å². The van der Waals surface area contributed by atoms with Crippen molar-refractivity contribution in [1.82, 2.24) is 9.88 Å². The maximum absolute atomic E-state index is 5.96. The van der Waals surface area contributed by atoms with Crippen LogP contribution in [0.3, 0.4) is 0 Å². The summed E-state index contributed by atoms with van der Waals surface area (Å²) in [6.45, 7) is 1.59. The van der Waals surface area contributed by atoms with E-state index in [9.17, 15) is 0 Å². The van der Waals surface area contributed by atoms with Crippen molar-refractivity contribution in [1.29, 1.82) is 0 Å². The lowest BCUT2D eigenvalue weighted by Gasteiger charge is -2.27. The molecule has 0 saturated heterocycles. The summed E-state index contributed by atoms with van der Waals surface area (Å²) >= 11 is 3.52. The van der Waals surface area contributed by atoms with E-state index in [2.05, 4.69) is 63.2 Å². The normalized spacial score (nSPS) is 12.6. The first-order valence-electron chi connectivity index (χ1n) is 6.75. The Kier molecular flexibility index (Phi) is 5.71. The Hall–Kier alpha value is -1.23. The first-order valence-corrected chi connectivity index (χ1v) is 7.54. The number of benzene rings is 1. The maximum atomic E-state index is 5.96. The summed E-state index contributed by atoms with van der Waals surface area (Å²) in [5.41, 5.74) is 8.51. The van der Waals surface area contributed by atoms with Crippen molar-refractivity contribution in [2.45, 2.75) is 12.5 Å². The molecule has 0 amide bonds. The van der Waals surface area contributed by atoms with E-state index in [1.807, 2.05) is 18.5 Å². The van der Waals surface area contributed by atoms with Gasteiger partial charge in [0.2, 0.25) is 0 Å². The average molecular weight is 334 g/mol. The van der Waals surface area contributed by atoms with Gasteiger partial charge in [0.25, 0.3) is 0 Å². The third-order valence-corrected chi connectivity index (χ3v) is 3.98. The molecule has 0 bridgehead atoms. The van der Waals surface area contributed by atoms with E-state index in [0.29, 0.717) is 6.54 Å². The Labute approximate surface area is 129 Å². The van der Waals surface area contributed by atoms with Crippen LogP contribution < -0.4 is 5.73 Å². The van der Waals surface area contributed by atoms with Crippen molar-refractivity contribution in [3.8, 4) is 0 Å². The SMILES string of the molecule is CN(CCc1ccncc1)C(CN)c1cccc(Br)c1. The van der Waals surface area contributed by atoms with Crippen LogP contribution in [0.2, 0.25) is 0 Å². The molecule has 0 aliphatic heterocycles. The van der Waals surface area contributed by atoms with Gasteiger partial charge in [0.15, 0.2) is 0 Å². The molecule has 1 aromatic heterocycles. The smallest absolute Gasteiger partial charge is 0.0467 e. The fourth-order valence-electron chi connectivity index (χ4n) is 2.30. The molecule has 2 N–H and O–H groups in total. The number of nitrogens with two attached hydrogens (primary N) is 1. The van der Waals surface area contributed by atoms with Gasteiger partial charge >= 0.3 is 0 Å². The third-order valence-electron chi connectivity index (χ3n) is 3.49. The van der Waals surface area contributed by atoms with Gasteiger partial charge in [-0.3, -0.25) is 9.88 Å². The van der Waals surface area contributed by atoms with Crippen molar-refractivity contribution in [3.63, 3.8) is 0 Å². The molecule has 106 valence electrons. The highest BCUT2D eigenvalue weighted by Crippen LogP contribution is 2.22. The lowest BCUT2D eigenvalue weighted by molar-refractivity contribution is 0.253. The van der Waals surface area contributed by atoms with E-state index in [0.717, 1.165) is 17.4 Å². The Morgan fingerprint density at radius 2 is 2.00 bits per heavy atom. The van der Waals surface area contributed by atoms with Crippen LogP contribution in [0.15, 0.2) is 53.3 Å². The summed E-state index contributed by atoms with van der Waals surface area (Å²) in [6.07, 6.45) is 4.68. The van der Waals surface area contributed by atoms with Crippen molar-refractivity contribution in [2.24, 2.45) is 5.73 Å². The Bertz CT molecular complexity index is 530. The van der Waals surface area contributed by atoms with Crippen LogP contribution in [0.4, 0.5) is 0 Å². The van der Waals surface area contributed by atoms with E-state index in [-0.39, 0.29) is 6.04 Å². The van der Waals surface area contributed by atoms with E-state index in [1.165, 1.54) is 11.1 Å². The van der Waals surface area contributed by atoms with Crippen LogP contribution in [-0.2, 0) is 6.42 Å². The minimum absolute atomic E-state index is 0.245. The maximum Gasteiger partial charge on any atom is 0.0467 e. The molecule has 0 fully saturated rings. The molecule has 0 saturated carbocycles. The van der Waals surface area contributed by atoms with E-state index < -0.39 is 0 Å². The highest BCUT2D eigenvalue weighted by Gasteiger charge is 2.15. The van der Waals surface area contributed by atoms with Gasteiger partial charge in [0.05, 0.1) is 0 Å². The van der Waals surface area contributed by atoms with Crippen LogP contribution in [0.5, 0.6) is 0 Å². The molecule has 0 spiro atoms. The molecule has 4 heteroatoms. The molecule has 1 atom stereocenters. The molecule has 0 aliphatic carbocycles. The van der Waals surface area contributed by atoms with Crippen LogP contribution >= 0.6 is 15.9 Å². The molecule has 20 heavy (non-hydrogen) atoms. The lowest BCUT2D eigenvalue weighted by Crippen LogP contribution is -2.32. The molecule has 0 aliphatic rings. The summed E-state index contributed by atoms with van der Waals surface area (Å²) in [4.78, 5) is 6.35. The first kappa shape index (κ1) is 15.2. The van der Waals surface area contributed by atoms with Gasteiger partial charge in [-0.25, -0.2) is 0 Å². The topological polar surface area (TPSA) is 42.2 Å². The lowest BCUT2D eigenvalue weighted by atomic mass is 10.1. The highest BCUT2D eigenvalue weighted by atomic mass is 79.9. The molecule has 2 rings (SSSR count).